The van der Waals surface area contributed by atoms with Crippen molar-refractivity contribution in [3.63, 3.8) is 0 Å². The van der Waals surface area contributed by atoms with Crippen molar-refractivity contribution in [2.24, 2.45) is 28.6 Å². The molecule has 40 heavy (non-hydrogen) atoms. The molecule has 6 atom stereocenters. The van der Waals surface area contributed by atoms with Gasteiger partial charge in [0.15, 0.2) is 5.79 Å². The predicted molar refractivity (Wildman–Crippen MR) is 160 cm³/mol. The number of hydrogen-bond acceptors (Lipinski definition) is 5. The molecule has 2 heterocycles. The summed E-state index contributed by atoms with van der Waals surface area (Å²) in [4.78, 5) is 4.66. The number of benzene rings is 1. The minimum Gasteiger partial charge on any atom is -0.393 e. The van der Waals surface area contributed by atoms with Gasteiger partial charge in [-0.25, -0.2) is 4.98 Å². The number of ether oxygens (including phenoxy) is 2. The molecule has 5 heteroatoms. The smallest absolute Gasteiger partial charge is 0.169 e. The van der Waals surface area contributed by atoms with Crippen molar-refractivity contribution < 1.29 is 14.6 Å². The first kappa shape index (κ1) is 27.3. The van der Waals surface area contributed by atoms with Crippen LogP contribution < -0.4 is 0 Å². The standard InChI is InChI=1S/C35H47NO3S/c1-22-36-26(19-40-22)11-7-23-5-8-24(9-6-23)29-18-34(4)30(13-14-31(34)37)28-12-10-25-17-35(16-15-27(25)32(28)29)38-20-33(2,3)21-39-35/h5-6,8-9,19,25,28-31,37H,7,10-18,20-21H2,1-4H3. The molecule has 1 aliphatic heterocycles. The molecule has 216 valence electrons. The van der Waals surface area contributed by atoms with Crippen LogP contribution in [0.5, 0.6) is 0 Å². The summed E-state index contributed by atoms with van der Waals surface area (Å²) in [5, 5.41) is 14.6. The molecule has 0 amide bonds. The SMILES string of the molecule is Cc1nc(CCc2ccc(C3CC4(C)C(O)CCC4C4CCC5CC6(CCC5=C34)OCC(C)(C)CO6)cc2)cs1. The Hall–Kier alpha value is -1.53. The number of nitrogens with zero attached hydrogens (tertiary/aromatic N) is 1. The van der Waals surface area contributed by atoms with Crippen LogP contribution in [0, 0.1) is 35.5 Å². The van der Waals surface area contributed by atoms with E-state index >= 15 is 0 Å². The number of aliphatic hydroxyl groups excluding tert-OH is 1. The minimum atomic E-state index is -0.378. The lowest BCUT2D eigenvalue weighted by Gasteiger charge is -2.55. The third-order valence-electron chi connectivity index (χ3n) is 11.5. The maximum absolute atomic E-state index is 11.2. The van der Waals surface area contributed by atoms with Gasteiger partial charge in [-0.2, -0.15) is 0 Å². The molecule has 2 aromatic rings. The first-order chi connectivity index (χ1) is 19.1. The van der Waals surface area contributed by atoms with E-state index in [1.165, 1.54) is 36.1 Å². The topological polar surface area (TPSA) is 51.6 Å². The molecule has 4 nitrogen and oxygen atoms in total. The molecule has 4 aliphatic carbocycles. The number of aliphatic hydroxyl groups is 1. The summed E-state index contributed by atoms with van der Waals surface area (Å²) in [5.74, 6) is 1.83. The Morgan fingerprint density at radius 1 is 0.975 bits per heavy atom. The molecular weight excluding hydrogens is 514 g/mol. The van der Waals surface area contributed by atoms with E-state index in [1.54, 1.807) is 22.5 Å². The number of aromatic nitrogens is 1. The van der Waals surface area contributed by atoms with Crippen molar-refractivity contribution in [3.8, 4) is 0 Å². The van der Waals surface area contributed by atoms with Crippen LogP contribution in [0.2, 0.25) is 0 Å². The molecule has 7 rings (SSSR count). The Balaban J connectivity index is 1.18. The fourth-order valence-electron chi connectivity index (χ4n) is 9.21. The molecule has 1 spiro atoms. The molecule has 4 fully saturated rings. The van der Waals surface area contributed by atoms with Crippen molar-refractivity contribution in [2.75, 3.05) is 13.2 Å². The summed E-state index contributed by atoms with van der Waals surface area (Å²) < 4.78 is 13.0. The van der Waals surface area contributed by atoms with E-state index < -0.39 is 0 Å². The lowest BCUT2D eigenvalue weighted by atomic mass is 9.52. The normalized spacial score (nSPS) is 36.3. The second-order valence-electron chi connectivity index (χ2n) is 14.8. The second kappa shape index (κ2) is 10.0. The van der Waals surface area contributed by atoms with Gasteiger partial charge in [0.05, 0.1) is 30.0 Å². The molecule has 1 aromatic heterocycles. The van der Waals surface area contributed by atoms with Crippen LogP contribution in [0.1, 0.15) is 99.9 Å². The lowest BCUT2D eigenvalue weighted by Crippen LogP contribution is -2.52. The van der Waals surface area contributed by atoms with E-state index in [0.29, 0.717) is 23.7 Å². The molecular formula is C35H47NO3S. The third kappa shape index (κ3) is 4.73. The minimum absolute atomic E-state index is 0.0183. The van der Waals surface area contributed by atoms with Crippen molar-refractivity contribution in [1.29, 1.82) is 0 Å². The van der Waals surface area contributed by atoms with Gasteiger partial charge in [-0.1, -0.05) is 56.2 Å². The average molecular weight is 562 g/mol. The maximum atomic E-state index is 11.2. The summed E-state index contributed by atoms with van der Waals surface area (Å²) in [7, 11) is 0. The summed E-state index contributed by atoms with van der Waals surface area (Å²) in [6.07, 6.45) is 10.7. The highest BCUT2D eigenvalue weighted by molar-refractivity contribution is 7.09. The van der Waals surface area contributed by atoms with Gasteiger partial charge in [0.25, 0.3) is 0 Å². The molecule has 3 saturated carbocycles. The molecule has 1 N–H and O–H groups in total. The Labute approximate surface area is 244 Å². The van der Waals surface area contributed by atoms with Crippen LogP contribution in [0.4, 0.5) is 0 Å². The molecule has 1 saturated heterocycles. The summed E-state index contributed by atoms with van der Waals surface area (Å²) >= 11 is 1.74. The van der Waals surface area contributed by atoms with Gasteiger partial charge >= 0.3 is 0 Å². The second-order valence-corrected chi connectivity index (χ2v) is 15.8. The third-order valence-corrected chi connectivity index (χ3v) is 12.3. The van der Waals surface area contributed by atoms with Crippen LogP contribution in [0.3, 0.4) is 0 Å². The van der Waals surface area contributed by atoms with Crippen LogP contribution in [0.25, 0.3) is 0 Å². The van der Waals surface area contributed by atoms with Gasteiger partial charge in [-0.05, 0) is 92.6 Å². The summed E-state index contributed by atoms with van der Waals surface area (Å²) in [6.45, 7) is 10.6. The zero-order valence-electron chi connectivity index (χ0n) is 24.9. The van der Waals surface area contributed by atoms with E-state index in [9.17, 15) is 5.11 Å². The number of aryl methyl sites for hydroxylation is 3. The summed E-state index contributed by atoms with van der Waals surface area (Å²) in [5.41, 5.74) is 7.66. The van der Waals surface area contributed by atoms with E-state index in [4.69, 9.17) is 9.47 Å². The largest absolute Gasteiger partial charge is 0.393 e. The van der Waals surface area contributed by atoms with Crippen molar-refractivity contribution in [1.82, 2.24) is 4.98 Å². The monoisotopic (exact) mass is 561 g/mol. The van der Waals surface area contributed by atoms with Crippen LogP contribution >= 0.6 is 11.3 Å². The Kier molecular flexibility index (Phi) is 6.85. The number of allylic oxidation sites excluding steroid dienone is 2. The number of fused-ring (bicyclic) bond motifs is 4. The molecule has 0 bridgehead atoms. The molecule has 1 aromatic carbocycles. The Bertz CT molecular complexity index is 1270. The van der Waals surface area contributed by atoms with Crippen molar-refractivity contribution >= 4 is 11.3 Å². The van der Waals surface area contributed by atoms with Gasteiger partial charge in [-0.3, -0.25) is 0 Å². The van der Waals surface area contributed by atoms with Gasteiger partial charge in [0, 0.05) is 29.6 Å². The van der Waals surface area contributed by atoms with Crippen molar-refractivity contribution in [3.05, 3.63) is 62.6 Å². The fraction of sp³-hybridized carbons (Fsp3) is 0.686. The molecule has 0 radical (unpaired) electrons. The highest BCUT2D eigenvalue weighted by Crippen LogP contribution is 2.65. The number of hydrogen-bond donors (Lipinski definition) is 1. The zero-order valence-corrected chi connectivity index (χ0v) is 25.7. The number of thiazole rings is 1. The van der Waals surface area contributed by atoms with Gasteiger partial charge in [0.1, 0.15) is 0 Å². The quantitative estimate of drug-likeness (QED) is 0.387. The number of rotatable bonds is 4. The van der Waals surface area contributed by atoms with Crippen molar-refractivity contribution in [2.45, 2.75) is 110 Å². The highest BCUT2D eigenvalue weighted by atomic mass is 32.1. The molecule has 5 aliphatic rings. The van der Waals surface area contributed by atoms with Crippen LogP contribution in [-0.4, -0.2) is 35.2 Å². The average Bonchev–Trinajstić information content (AvgIpc) is 3.50. The molecule has 6 unspecified atom stereocenters. The van der Waals surface area contributed by atoms with E-state index in [-0.39, 0.29) is 22.7 Å². The van der Waals surface area contributed by atoms with Crippen LogP contribution in [-0.2, 0) is 22.3 Å². The Morgan fingerprint density at radius 3 is 2.48 bits per heavy atom. The maximum Gasteiger partial charge on any atom is 0.169 e. The highest BCUT2D eigenvalue weighted by Gasteiger charge is 2.57. The Morgan fingerprint density at radius 2 is 1.75 bits per heavy atom. The van der Waals surface area contributed by atoms with E-state index in [2.05, 4.69) is 62.3 Å². The van der Waals surface area contributed by atoms with Gasteiger partial charge in [-0.15, -0.1) is 11.3 Å². The van der Waals surface area contributed by atoms with E-state index in [1.807, 2.05) is 0 Å². The predicted octanol–water partition coefficient (Wildman–Crippen LogP) is 7.78. The van der Waals surface area contributed by atoms with Gasteiger partial charge in [0.2, 0.25) is 0 Å². The first-order valence-corrected chi connectivity index (χ1v) is 16.7. The summed E-state index contributed by atoms with van der Waals surface area (Å²) in [6, 6.07) is 9.53. The van der Waals surface area contributed by atoms with Gasteiger partial charge < -0.3 is 14.6 Å². The zero-order chi connectivity index (χ0) is 27.7. The van der Waals surface area contributed by atoms with Crippen LogP contribution in [0.15, 0.2) is 40.8 Å². The first-order valence-electron chi connectivity index (χ1n) is 15.8. The fourth-order valence-corrected chi connectivity index (χ4v) is 9.86. The lowest BCUT2D eigenvalue weighted by molar-refractivity contribution is -0.312. The van der Waals surface area contributed by atoms with E-state index in [0.717, 1.165) is 63.2 Å².